The van der Waals surface area contributed by atoms with Gasteiger partial charge in [0.1, 0.15) is 12.2 Å². The van der Waals surface area contributed by atoms with Crippen molar-refractivity contribution in [2.75, 3.05) is 6.61 Å². The summed E-state index contributed by atoms with van der Waals surface area (Å²) in [6.45, 7) is 1.19. The van der Waals surface area contributed by atoms with Gasteiger partial charge < -0.3 is 13.8 Å². The van der Waals surface area contributed by atoms with Gasteiger partial charge in [0.2, 0.25) is 17.6 Å². The third-order valence-corrected chi connectivity index (χ3v) is 3.14. The van der Waals surface area contributed by atoms with Crippen LogP contribution in [0.15, 0.2) is 40.0 Å². The maximum Gasteiger partial charge on any atom is 0.272 e. The zero-order valence-corrected chi connectivity index (χ0v) is 13.1. The lowest BCUT2D eigenvalue weighted by molar-refractivity contribution is 0.0794. The van der Waals surface area contributed by atoms with Gasteiger partial charge in [-0.1, -0.05) is 5.16 Å². The molecule has 0 N–H and O–H groups in total. The van der Waals surface area contributed by atoms with Crippen molar-refractivity contribution in [3.63, 3.8) is 0 Å². The lowest BCUT2D eigenvalue weighted by Crippen LogP contribution is -2.19. The second-order valence-corrected chi connectivity index (χ2v) is 5.12. The fourth-order valence-corrected chi connectivity index (χ4v) is 1.96. The van der Waals surface area contributed by atoms with Crippen LogP contribution in [0.2, 0.25) is 0 Å². The number of alkyl halides is 2. The zero-order chi connectivity index (χ0) is 17.8. The van der Waals surface area contributed by atoms with Crippen LogP contribution < -0.4 is 10.3 Å². The molecule has 3 rings (SSSR count). The highest BCUT2D eigenvalue weighted by Gasteiger charge is 2.12. The highest BCUT2D eigenvalue weighted by molar-refractivity contribution is 5.46. The van der Waals surface area contributed by atoms with Crippen molar-refractivity contribution in [2.24, 2.45) is 0 Å². The second kappa shape index (κ2) is 7.16. The van der Waals surface area contributed by atoms with Gasteiger partial charge in [0.25, 0.3) is 12.0 Å². The van der Waals surface area contributed by atoms with Crippen LogP contribution in [-0.2, 0) is 6.54 Å². The van der Waals surface area contributed by atoms with Crippen LogP contribution >= 0.6 is 0 Å². The van der Waals surface area contributed by atoms with Crippen molar-refractivity contribution in [3.8, 4) is 17.4 Å². The Morgan fingerprint density at radius 3 is 2.84 bits per heavy atom. The summed E-state index contributed by atoms with van der Waals surface area (Å²) in [5.74, 6) is 0.364. The molecule has 0 unspecified atom stereocenters. The van der Waals surface area contributed by atoms with Gasteiger partial charge in [-0.15, -0.1) is 0 Å². The van der Waals surface area contributed by atoms with Crippen LogP contribution in [0.25, 0.3) is 11.5 Å². The van der Waals surface area contributed by atoms with Crippen molar-refractivity contribution in [1.82, 2.24) is 24.7 Å². The van der Waals surface area contributed by atoms with E-state index in [0.29, 0.717) is 0 Å². The maximum atomic E-state index is 12.1. The Balaban J connectivity index is 1.71. The highest BCUT2D eigenvalue weighted by atomic mass is 19.3. The molecule has 0 fully saturated rings. The lowest BCUT2D eigenvalue weighted by atomic mass is 10.3. The van der Waals surface area contributed by atoms with Crippen LogP contribution in [0.5, 0.6) is 5.88 Å². The van der Waals surface area contributed by atoms with Gasteiger partial charge in [-0.2, -0.15) is 4.98 Å². The van der Waals surface area contributed by atoms with Crippen molar-refractivity contribution < 1.29 is 18.0 Å². The fraction of sp³-hybridized carbons (Fsp3) is 0.267. The quantitative estimate of drug-likeness (QED) is 0.668. The minimum Gasteiger partial charge on any atom is -0.470 e. The predicted octanol–water partition coefficient (Wildman–Crippen LogP) is 1.69. The summed E-state index contributed by atoms with van der Waals surface area (Å²) < 4.78 is 35.4. The van der Waals surface area contributed by atoms with Crippen LogP contribution in [0.3, 0.4) is 0 Å². The molecule has 0 spiro atoms. The molecule has 25 heavy (non-hydrogen) atoms. The molecule has 10 heteroatoms. The van der Waals surface area contributed by atoms with E-state index in [1.165, 1.54) is 23.0 Å². The van der Waals surface area contributed by atoms with Gasteiger partial charge in [0.15, 0.2) is 6.61 Å². The molecule has 0 saturated heterocycles. The van der Waals surface area contributed by atoms with E-state index in [4.69, 9.17) is 9.26 Å². The number of aryl methyl sites for hydroxylation is 1. The third kappa shape index (κ3) is 4.22. The monoisotopic (exact) mass is 349 g/mol. The van der Waals surface area contributed by atoms with Crippen molar-refractivity contribution in [1.29, 1.82) is 0 Å². The predicted molar refractivity (Wildman–Crippen MR) is 81.4 cm³/mol. The normalized spacial score (nSPS) is 11.0. The molecule has 0 aliphatic carbocycles. The SMILES string of the molecule is Cc1ccn(Cc2nc(-c3cnc(OCC(F)F)cn3)no2)c(=O)c1. The summed E-state index contributed by atoms with van der Waals surface area (Å²) in [7, 11) is 0. The molecule has 0 amide bonds. The molecule has 0 aliphatic heterocycles. The van der Waals surface area contributed by atoms with Crippen LogP contribution in [0.4, 0.5) is 8.78 Å². The van der Waals surface area contributed by atoms with E-state index >= 15 is 0 Å². The van der Waals surface area contributed by atoms with E-state index in [-0.39, 0.29) is 35.4 Å². The molecule has 130 valence electrons. The average Bonchev–Trinajstić information content (AvgIpc) is 3.04. The van der Waals surface area contributed by atoms with E-state index in [9.17, 15) is 13.6 Å². The molecule has 0 saturated carbocycles. The van der Waals surface area contributed by atoms with Gasteiger partial charge in [-0.05, 0) is 18.6 Å². The first-order valence-electron chi connectivity index (χ1n) is 7.24. The molecule has 3 aromatic heterocycles. The van der Waals surface area contributed by atoms with E-state index < -0.39 is 13.0 Å². The number of hydrogen-bond donors (Lipinski definition) is 0. The van der Waals surface area contributed by atoms with Gasteiger partial charge in [0, 0.05) is 12.3 Å². The summed E-state index contributed by atoms with van der Waals surface area (Å²) in [5.41, 5.74) is 0.965. The maximum absolute atomic E-state index is 12.1. The Morgan fingerprint density at radius 1 is 1.32 bits per heavy atom. The topological polar surface area (TPSA) is 95.9 Å². The molecule has 3 aromatic rings. The number of rotatable bonds is 6. The molecular formula is C15H13F2N5O3. The van der Waals surface area contributed by atoms with Crippen molar-refractivity contribution >= 4 is 0 Å². The Labute approximate surface area is 140 Å². The molecule has 8 nitrogen and oxygen atoms in total. The summed E-state index contributed by atoms with van der Waals surface area (Å²) >= 11 is 0. The van der Waals surface area contributed by atoms with Gasteiger partial charge >= 0.3 is 0 Å². The molecular weight excluding hydrogens is 336 g/mol. The van der Waals surface area contributed by atoms with Crippen molar-refractivity contribution in [2.45, 2.75) is 19.9 Å². The van der Waals surface area contributed by atoms with E-state index in [1.807, 2.05) is 6.92 Å². The average molecular weight is 349 g/mol. The number of nitrogens with zero attached hydrogens (tertiary/aromatic N) is 5. The number of pyridine rings is 1. The lowest BCUT2D eigenvalue weighted by Gasteiger charge is -2.03. The molecule has 0 radical (unpaired) electrons. The van der Waals surface area contributed by atoms with Crippen LogP contribution in [0.1, 0.15) is 11.5 Å². The largest absolute Gasteiger partial charge is 0.470 e. The number of hydrogen-bond acceptors (Lipinski definition) is 7. The number of halogens is 2. The standard InChI is InChI=1S/C15H13F2N5O3/c1-9-2-3-22(14(23)4-9)7-13-20-15(21-25-13)10-5-19-12(6-18-10)24-8-11(16)17/h2-6,11H,7-8H2,1H3. The first kappa shape index (κ1) is 16.7. The Hall–Kier alpha value is -3.17. The Bertz CT molecular complexity index is 908. The Morgan fingerprint density at radius 2 is 2.16 bits per heavy atom. The van der Waals surface area contributed by atoms with Gasteiger partial charge in [-0.3, -0.25) is 4.79 Å². The zero-order valence-electron chi connectivity index (χ0n) is 13.1. The number of aromatic nitrogens is 5. The van der Waals surface area contributed by atoms with Crippen LogP contribution in [0, 0.1) is 6.92 Å². The Kier molecular flexibility index (Phi) is 4.78. The molecule has 3 heterocycles. The molecule has 0 aromatic carbocycles. The summed E-state index contributed by atoms with van der Waals surface area (Å²) in [5, 5.41) is 3.77. The summed E-state index contributed by atoms with van der Waals surface area (Å²) in [6, 6.07) is 3.29. The number of ether oxygens (including phenoxy) is 1. The first-order chi connectivity index (χ1) is 12.0. The van der Waals surface area contributed by atoms with E-state index in [0.717, 1.165) is 5.56 Å². The van der Waals surface area contributed by atoms with Gasteiger partial charge in [-0.25, -0.2) is 18.7 Å². The minimum absolute atomic E-state index is 0.0287. The second-order valence-electron chi connectivity index (χ2n) is 5.12. The summed E-state index contributed by atoms with van der Waals surface area (Å²) in [6.07, 6.45) is 1.52. The first-order valence-corrected chi connectivity index (χ1v) is 7.24. The highest BCUT2D eigenvalue weighted by Crippen LogP contribution is 2.14. The molecule has 0 atom stereocenters. The molecule has 0 aliphatic rings. The smallest absolute Gasteiger partial charge is 0.272 e. The summed E-state index contributed by atoms with van der Waals surface area (Å²) in [4.78, 5) is 23.8. The van der Waals surface area contributed by atoms with Crippen molar-refractivity contribution in [3.05, 3.63) is 52.5 Å². The van der Waals surface area contributed by atoms with E-state index in [2.05, 4.69) is 20.1 Å². The van der Waals surface area contributed by atoms with Gasteiger partial charge in [0.05, 0.1) is 12.4 Å². The van der Waals surface area contributed by atoms with E-state index in [1.54, 1.807) is 12.3 Å². The fourth-order valence-electron chi connectivity index (χ4n) is 1.96. The third-order valence-electron chi connectivity index (χ3n) is 3.14. The molecule has 0 bridgehead atoms. The minimum atomic E-state index is -2.59. The van der Waals surface area contributed by atoms with Crippen LogP contribution in [-0.4, -0.2) is 37.7 Å².